The summed E-state index contributed by atoms with van der Waals surface area (Å²) in [7, 11) is 3.31. The molecule has 118 valence electrons. The number of hydrogen-bond acceptors (Lipinski definition) is 4. The minimum absolute atomic E-state index is 0. The first kappa shape index (κ1) is 17.7. The van der Waals surface area contributed by atoms with Crippen molar-refractivity contribution in [3.63, 3.8) is 0 Å². The lowest BCUT2D eigenvalue weighted by atomic mass is 9.84. The van der Waals surface area contributed by atoms with Crippen LogP contribution in [0.25, 0.3) is 0 Å². The number of carbonyl (C=O) groups excluding carboxylic acids is 1. The first-order chi connectivity index (χ1) is 9.19. The molecule has 6 heteroatoms. The smallest absolute Gasteiger partial charge is 0.227 e. The maximum atomic E-state index is 12.7. The molecule has 0 aromatic heterocycles. The average molecular weight is 307 g/mol. The van der Waals surface area contributed by atoms with Crippen molar-refractivity contribution in [1.82, 2.24) is 4.90 Å². The van der Waals surface area contributed by atoms with Crippen molar-refractivity contribution in [2.75, 3.05) is 40.5 Å². The van der Waals surface area contributed by atoms with Crippen molar-refractivity contribution in [1.29, 1.82) is 0 Å². The van der Waals surface area contributed by atoms with Crippen LogP contribution in [-0.2, 0) is 14.3 Å². The highest BCUT2D eigenvalue weighted by atomic mass is 35.5. The van der Waals surface area contributed by atoms with Gasteiger partial charge >= 0.3 is 0 Å². The van der Waals surface area contributed by atoms with E-state index in [9.17, 15) is 4.79 Å². The van der Waals surface area contributed by atoms with Crippen LogP contribution in [0.1, 0.15) is 19.3 Å². The third kappa shape index (κ3) is 3.64. The Labute approximate surface area is 127 Å². The van der Waals surface area contributed by atoms with Crippen molar-refractivity contribution in [3.8, 4) is 0 Å². The fourth-order valence-corrected chi connectivity index (χ4v) is 3.65. The Hall–Kier alpha value is -0.360. The number of rotatable bonds is 7. The number of hydrogen-bond donors (Lipinski definition) is 1. The van der Waals surface area contributed by atoms with Crippen LogP contribution in [0.5, 0.6) is 0 Å². The van der Waals surface area contributed by atoms with Gasteiger partial charge in [-0.25, -0.2) is 0 Å². The van der Waals surface area contributed by atoms with Crippen LogP contribution in [0.3, 0.4) is 0 Å². The molecule has 2 aliphatic rings. The molecule has 0 saturated heterocycles. The normalized spacial score (nSPS) is 31.1. The van der Waals surface area contributed by atoms with E-state index in [0.29, 0.717) is 38.1 Å². The molecule has 2 N–H and O–H groups in total. The number of ether oxygens (including phenoxy) is 2. The zero-order valence-electron chi connectivity index (χ0n) is 12.4. The second-order valence-electron chi connectivity index (χ2n) is 5.75. The van der Waals surface area contributed by atoms with Gasteiger partial charge < -0.3 is 20.1 Å². The Morgan fingerprint density at radius 2 is 1.70 bits per heavy atom. The fraction of sp³-hybridized carbons (Fsp3) is 0.929. The summed E-state index contributed by atoms with van der Waals surface area (Å²) in [5.74, 6) is 1.28. The minimum atomic E-state index is 0. The Morgan fingerprint density at radius 1 is 1.15 bits per heavy atom. The third-order valence-electron chi connectivity index (χ3n) is 4.71. The van der Waals surface area contributed by atoms with Crippen molar-refractivity contribution < 1.29 is 14.3 Å². The predicted octanol–water partition coefficient (Wildman–Crippen LogP) is 0.903. The van der Waals surface area contributed by atoms with Gasteiger partial charge in [0.15, 0.2) is 0 Å². The van der Waals surface area contributed by atoms with E-state index < -0.39 is 0 Å². The van der Waals surface area contributed by atoms with Crippen LogP contribution in [-0.4, -0.2) is 57.4 Å². The number of carbonyl (C=O) groups is 1. The van der Waals surface area contributed by atoms with Crippen molar-refractivity contribution in [2.45, 2.75) is 25.3 Å². The molecular weight excluding hydrogens is 280 g/mol. The van der Waals surface area contributed by atoms with Crippen LogP contribution >= 0.6 is 12.4 Å². The molecule has 4 atom stereocenters. The number of nitrogens with zero attached hydrogens (tertiary/aromatic N) is 1. The van der Waals surface area contributed by atoms with Crippen LogP contribution < -0.4 is 5.73 Å². The lowest BCUT2D eigenvalue weighted by molar-refractivity contribution is -0.139. The number of amides is 1. The molecule has 2 aliphatic carbocycles. The molecule has 5 nitrogen and oxygen atoms in total. The van der Waals surface area contributed by atoms with Gasteiger partial charge in [0, 0.05) is 33.4 Å². The summed E-state index contributed by atoms with van der Waals surface area (Å²) >= 11 is 0. The van der Waals surface area contributed by atoms with E-state index in [1.165, 1.54) is 6.42 Å². The van der Waals surface area contributed by atoms with E-state index in [0.717, 1.165) is 12.8 Å². The highest BCUT2D eigenvalue weighted by Crippen LogP contribution is 2.48. The number of nitrogens with two attached hydrogens (primary N) is 1. The maximum Gasteiger partial charge on any atom is 0.227 e. The van der Waals surface area contributed by atoms with Gasteiger partial charge in [-0.15, -0.1) is 12.4 Å². The molecule has 0 aliphatic heterocycles. The standard InChI is InChI=1S/C14H26N2O3.ClH/c1-18-7-5-16(6-8-19-2)14(17)12-10-3-4-11(9-10)13(12)15;/h10-13H,3-9,15H2,1-2H3;1H. The molecule has 20 heavy (non-hydrogen) atoms. The number of methoxy groups -OCH3 is 2. The van der Waals surface area contributed by atoms with Crippen LogP contribution in [0.4, 0.5) is 0 Å². The molecule has 1 amide bonds. The van der Waals surface area contributed by atoms with Gasteiger partial charge in [0.2, 0.25) is 5.91 Å². The highest BCUT2D eigenvalue weighted by molar-refractivity contribution is 5.85. The second-order valence-corrected chi connectivity index (χ2v) is 5.75. The van der Waals surface area contributed by atoms with Gasteiger partial charge in [-0.05, 0) is 31.1 Å². The Kier molecular flexibility index (Phi) is 7.23. The van der Waals surface area contributed by atoms with E-state index in [2.05, 4.69) is 0 Å². The maximum absolute atomic E-state index is 12.7. The summed E-state index contributed by atoms with van der Waals surface area (Å²) in [5, 5.41) is 0. The molecule has 0 radical (unpaired) electrons. The molecule has 2 rings (SSSR count). The Bertz CT molecular complexity index is 307. The quantitative estimate of drug-likeness (QED) is 0.759. The molecule has 2 saturated carbocycles. The van der Waals surface area contributed by atoms with Crippen LogP contribution in [0, 0.1) is 17.8 Å². The monoisotopic (exact) mass is 306 g/mol. The zero-order chi connectivity index (χ0) is 13.8. The second kappa shape index (κ2) is 8.17. The van der Waals surface area contributed by atoms with Crippen LogP contribution in [0.2, 0.25) is 0 Å². The van der Waals surface area contributed by atoms with Gasteiger partial charge in [0.05, 0.1) is 19.1 Å². The lowest BCUT2D eigenvalue weighted by Crippen LogP contribution is -2.48. The van der Waals surface area contributed by atoms with Gasteiger partial charge in [0.25, 0.3) is 0 Å². The van der Waals surface area contributed by atoms with Crippen molar-refractivity contribution in [2.24, 2.45) is 23.5 Å². The van der Waals surface area contributed by atoms with Gasteiger partial charge in [-0.2, -0.15) is 0 Å². The molecule has 0 spiro atoms. The van der Waals surface area contributed by atoms with E-state index in [4.69, 9.17) is 15.2 Å². The third-order valence-corrected chi connectivity index (χ3v) is 4.71. The Balaban J connectivity index is 0.00000200. The topological polar surface area (TPSA) is 64.8 Å². The van der Waals surface area contributed by atoms with E-state index >= 15 is 0 Å². The summed E-state index contributed by atoms with van der Waals surface area (Å²) in [6, 6.07) is 0.0545. The minimum Gasteiger partial charge on any atom is -0.383 e. The molecule has 0 aromatic carbocycles. The van der Waals surface area contributed by atoms with E-state index in [1.54, 1.807) is 14.2 Å². The first-order valence-corrected chi connectivity index (χ1v) is 7.21. The summed E-state index contributed by atoms with van der Waals surface area (Å²) in [5.41, 5.74) is 6.25. The van der Waals surface area contributed by atoms with Gasteiger partial charge in [-0.1, -0.05) is 0 Å². The fourth-order valence-electron chi connectivity index (χ4n) is 3.65. The number of halogens is 1. The zero-order valence-corrected chi connectivity index (χ0v) is 13.2. The average Bonchev–Trinajstić information content (AvgIpc) is 2.99. The summed E-state index contributed by atoms with van der Waals surface area (Å²) in [4.78, 5) is 14.6. The SMILES string of the molecule is COCCN(CCOC)C(=O)C1C2CCC(C2)C1N.Cl. The molecular formula is C14H27ClN2O3. The first-order valence-electron chi connectivity index (χ1n) is 7.21. The van der Waals surface area contributed by atoms with Crippen molar-refractivity contribution in [3.05, 3.63) is 0 Å². The lowest BCUT2D eigenvalue weighted by Gasteiger charge is -2.32. The van der Waals surface area contributed by atoms with E-state index in [1.807, 2.05) is 4.90 Å². The van der Waals surface area contributed by atoms with Gasteiger partial charge in [0.1, 0.15) is 0 Å². The van der Waals surface area contributed by atoms with E-state index in [-0.39, 0.29) is 30.3 Å². The summed E-state index contributed by atoms with van der Waals surface area (Å²) in [6.07, 6.45) is 3.50. The number of fused-ring (bicyclic) bond motifs is 2. The van der Waals surface area contributed by atoms with Crippen LogP contribution in [0.15, 0.2) is 0 Å². The highest BCUT2D eigenvalue weighted by Gasteiger charge is 2.49. The largest absolute Gasteiger partial charge is 0.383 e. The van der Waals surface area contributed by atoms with Gasteiger partial charge in [-0.3, -0.25) is 4.79 Å². The molecule has 0 aromatic rings. The Morgan fingerprint density at radius 3 is 2.15 bits per heavy atom. The molecule has 0 heterocycles. The molecule has 4 unspecified atom stereocenters. The molecule has 2 fully saturated rings. The molecule has 2 bridgehead atoms. The summed E-state index contributed by atoms with van der Waals surface area (Å²) in [6.45, 7) is 2.37. The summed E-state index contributed by atoms with van der Waals surface area (Å²) < 4.78 is 10.2. The predicted molar refractivity (Wildman–Crippen MR) is 79.9 cm³/mol. The van der Waals surface area contributed by atoms with Crippen molar-refractivity contribution >= 4 is 18.3 Å².